The van der Waals surface area contributed by atoms with Crippen LogP contribution in [0.25, 0.3) is 0 Å². The molecule has 1 aliphatic carbocycles. The molecule has 2 saturated heterocycles. The molecule has 3 aliphatic rings. The molecule has 2 heterocycles. The van der Waals surface area contributed by atoms with Crippen molar-refractivity contribution in [2.24, 2.45) is 11.8 Å². The maximum Gasteiger partial charge on any atom is 0.00420 e. The Labute approximate surface area is 104 Å². The van der Waals surface area contributed by atoms with Crippen LogP contribution in [0.2, 0.25) is 0 Å². The van der Waals surface area contributed by atoms with Crippen LogP contribution in [0.4, 0.5) is 0 Å². The largest absolute Gasteiger partial charge is 0.316 e. The Morgan fingerprint density at radius 2 is 1.71 bits per heavy atom. The minimum atomic E-state index is 0.751. The van der Waals surface area contributed by atoms with Crippen molar-refractivity contribution in [3.05, 3.63) is 35.4 Å². The van der Waals surface area contributed by atoms with Crippen LogP contribution in [0.5, 0.6) is 0 Å². The topological polar surface area (TPSA) is 24.1 Å². The molecule has 0 saturated carbocycles. The second-order valence-corrected chi connectivity index (χ2v) is 5.67. The summed E-state index contributed by atoms with van der Waals surface area (Å²) in [6, 6.07) is 9.28. The van der Waals surface area contributed by atoms with Gasteiger partial charge < -0.3 is 10.6 Å². The zero-order chi connectivity index (χ0) is 11.7. The van der Waals surface area contributed by atoms with E-state index in [1.165, 1.54) is 43.6 Å². The van der Waals surface area contributed by atoms with E-state index in [1.54, 1.807) is 0 Å². The predicted octanol–water partition coefficient (Wildman–Crippen LogP) is 1.79. The molecule has 3 unspecified atom stereocenters. The van der Waals surface area contributed by atoms with Gasteiger partial charge in [-0.1, -0.05) is 24.3 Å². The summed E-state index contributed by atoms with van der Waals surface area (Å²) in [7, 11) is 0. The van der Waals surface area contributed by atoms with Gasteiger partial charge in [-0.25, -0.2) is 0 Å². The minimum absolute atomic E-state index is 0.751. The van der Waals surface area contributed by atoms with Gasteiger partial charge in [0, 0.05) is 6.04 Å². The first-order valence-electron chi connectivity index (χ1n) is 6.84. The van der Waals surface area contributed by atoms with Crippen LogP contribution in [0, 0.1) is 11.8 Å². The van der Waals surface area contributed by atoms with Crippen LogP contribution in [-0.2, 0) is 6.42 Å². The molecule has 2 nitrogen and oxygen atoms in total. The number of nitrogens with one attached hydrogen (secondary N) is 2. The molecule has 2 N–H and O–H groups in total. The lowest BCUT2D eigenvalue weighted by atomic mass is 9.86. The molecule has 0 amide bonds. The van der Waals surface area contributed by atoms with Gasteiger partial charge in [-0.15, -0.1) is 0 Å². The highest BCUT2D eigenvalue weighted by molar-refractivity contribution is 5.44. The average molecular weight is 230 g/mol. The fraction of sp³-hybridized carbons (Fsp3) is 0.600. The highest BCUT2D eigenvalue weighted by Crippen LogP contribution is 2.25. The summed E-state index contributed by atoms with van der Waals surface area (Å²) < 4.78 is 0. The summed E-state index contributed by atoms with van der Waals surface area (Å²) in [5.41, 5.74) is 3.06. The molecule has 2 aliphatic heterocycles. The van der Waals surface area contributed by atoms with Gasteiger partial charge in [0.25, 0.3) is 0 Å². The van der Waals surface area contributed by atoms with Crippen molar-refractivity contribution in [2.45, 2.75) is 25.8 Å². The smallest absolute Gasteiger partial charge is 0.00420 e. The zero-order valence-electron chi connectivity index (χ0n) is 10.6. The Morgan fingerprint density at radius 3 is 2.41 bits per heavy atom. The van der Waals surface area contributed by atoms with Crippen LogP contribution in [0.1, 0.15) is 24.5 Å². The van der Waals surface area contributed by atoms with E-state index in [4.69, 9.17) is 0 Å². The first kappa shape index (κ1) is 11.2. The molecular formula is C15H22N2. The van der Waals surface area contributed by atoms with Crippen molar-refractivity contribution in [3.8, 4) is 0 Å². The summed E-state index contributed by atoms with van der Waals surface area (Å²) in [5, 5.41) is 6.96. The fourth-order valence-corrected chi connectivity index (χ4v) is 3.03. The maximum absolute atomic E-state index is 3.51. The van der Waals surface area contributed by atoms with E-state index < -0.39 is 0 Å². The van der Waals surface area contributed by atoms with Crippen LogP contribution >= 0.6 is 0 Å². The molecule has 1 aromatic rings. The number of hydrogen-bond acceptors (Lipinski definition) is 2. The fourth-order valence-electron chi connectivity index (χ4n) is 3.03. The number of piperidine rings is 1. The molecule has 92 valence electrons. The summed E-state index contributed by atoms with van der Waals surface area (Å²) in [6.07, 6.45) is 2.62. The van der Waals surface area contributed by atoms with E-state index in [1.807, 2.05) is 0 Å². The van der Waals surface area contributed by atoms with Crippen molar-refractivity contribution < 1.29 is 0 Å². The van der Waals surface area contributed by atoms with E-state index in [2.05, 4.69) is 41.8 Å². The van der Waals surface area contributed by atoms with Gasteiger partial charge in [0.15, 0.2) is 0 Å². The van der Waals surface area contributed by atoms with Crippen molar-refractivity contribution in [1.82, 2.24) is 10.6 Å². The number of benzene rings is 1. The quantitative estimate of drug-likeness (QED) is 0.721. The van der Waals surface area contributed by atoms with Gasteiger partial charge in [-0.2, -0.15) is 0 Å². The molecule has 0 spiro atoms. The van der Waals surface area contributed by atoms with Gasteiger partial charge in [-0.3, -0.25) is 0 Å². The molecule has 2 heteroatoms. The Kier molecular flexibility index (Phi) is 3.17. The average Bonchev–Trinajstić information content (AvgIpc) is 3.00. The van der Waals surface area contributed by atoms with E-state index in [9.17, 15) is 0 Å². The van der Waals surface area contributed by atoms with Gasteiger partial charge in [0.05, 0.1) is 0 Å². The van der Waals surface area contributed by atoms with Crippen molar-refractivity contribution in [1.29, 1.82) is 0 Å². The maximum atomic E-state index is 3.51. The van der Waals surface area contributed by atoms with E-state index in [-0.39, 0.29) is 0 Å². The van der Waals surface area contributed by atoms with Crippen molar-refractivity contribution in [3.63, 3.8) is 0 Å². The van der Waals surface area contributed by atoms with Gasteiger partial charge in [0.1, 0.15) is 0 Å². The molecular weight excluding hydrogens is 208 g/mol. The minimum Gasteiger partial charge on any atom is -0.316 e. The summed E-state index contributed by atoms with van der Waals surface area (Å²) in [4.78, 5) is 0. The normalized spacial score (nSPS) is 33.1. The molecule has 4 rings (SSSR count). The molecule has 0 radical (unpaired) electrons. The Balaban J connectivity index is 0.000000113. The molecule has 17 heavy (non-hydrogen) atoms. The summed E-state index contributed by atoms with van der Waals surface area (Å²) >= 11 is 0. The van der Waals surface area contributed by atoms with Gasteiger partial charge >= 0.3 is 0 Å². The third-order valence-electron chi connectivity index (χ3n) is 4.24. The third kappa shape index (κ3) is 2.70. The summed E-state index contributed by atoms with van der Waals surface area (Å²) in [5.74, 6) is 1.90. The monoisotopic (exact) mass is 230 g/mol. The van der Waals surface area contributed by atoms with Gasteiger partial charge in [0.2, 0.25) is 0 Å². The van der Waals surface area contributed by atoms with Crippen LogP contribution < -0.4 is 10.6 Å². The Morgan fingerprint density at radius 1 is 1.00 bits per heavy atom. The van der Waals surface area contributed by atoms with Crippen molar-refractivity contribution in [2.75, 3.05) is 19.6 Å². The van der Waals surface area contributed by atoms with Crippen LogP contribution in [-0.4, -0.2) is 25.7 Å². The Hall–Kier alpha value is -0.860. The van der Waals surface area contributed by atoms with Gasteiger partial charge in [-0.05, 0) is 62.4 Å². The standard InChI is InChI=1S/C8H16N2.C7H6/c1-6-2-7-3-9-4-8(7)5-10-6;1-2-4-7-5-6(7)3-1/h6-10H,2-5H2,1H3;1-4H,5H2. The molecule has 1 aromatic carbocycles. The Bertz CT molecular complexity index is 367. The van der Waals surface area contributed by atoms with Crippen LogP contribution in [0.3, 0.4) is 0 Å². The molecule has 0 bridgehead atoms. The number of rotatable bonds is 0. The van der Waals surface area contributed by atoms with E-state index >= 15 is 0 Å². The van der Waals surface area contributed by atoms with Crippen molar-refractivity contribution >= 4 is 0 Å². The second kappa shape index (κ2) is 4.79. The van der Waals surface area contributed by atoms with Crippen LogP contribution in [0.15, 0.2) is 24.3 Å². The second-order valence-electron chi connectivity index (χ2n) is 5.67. The van der Waals surface area contributed by atoms with E-state index in [0.717, 1.165) is 17.9 Å². The van der Waals surface area contributed by atoms with E-state index in [0.29, 0.717) is 0 Å². The highest BCUT2D eigenvalue weighted by Gasteiger charge is 2.31. The summed E-state index contributed by atoms with van der Waals surface area (Å²) in [6.45, 7) is 6.02. The number of hydrogen-bond donors (Lipinski definition) is 2. The SMILES string of the molecule is CC1CC2CNCC2CN1.c1ccc2c(c1)C2. The third-order valence-corrected chi connectivity index (χ3v) is 4.24. The first-order chi connectivity index (χ1) is 8.33. The predicted molar refractivity (Wildman–Crippen MR) is 71.2 cm³/mol. The highest BCUT2D eigenvalue weighted by atomic mass is 15.0. The lowest BCUT2D eigenvalue weighted by molar-refractivity contribution is 0.269. The molecule has 2 fully saturated rings. The zero-order valence-corrected chi connectivity index (χ0v) is 10.6. The molecule has 3 atom stereocenters. The number of fused-ring (bicyclic) bond motifs is 2. The lowest BCUT2D eigenvalue weighted by Crippen LogP contribution is -2.41. The molecule has 0 aromatic heterocycles. The lowest BCUT2D eigenvalue weighted by Gasteiger charge is -2.29. The first-order valence-corrected chi connectivity index (χ1v) is 6.84.